The van der Waals surface area contributed by atoms with E-state index < -0.39 is 0 Å². The summed E-state index contributed by atoms with van der Waals surface area (Å²) in [6.45, 7) is 3.02. The highest BCUT2D eigenvalue weighted by Crippen LogP contribution is 2.35. The van der Waals surface area contributed by atoms with Crippen LogP contribution in [0.4, 0.5) is 4.39 Å². The molecule has 1 aromatic heterocycles. The maximum atomic E-state index is 13.4. The summed E-state index contributed by atoms with van der Waals surface area (Å²) < 4.78 is 15.6. The van der Waals surface area contributed by atoms with Crippen molar-refractivity contribution in [3.63, 3.8) is 0 Å². The van der Waals surface area contributed by atoms with E-state index in [1.54, 1.807) is 12.1 Å². The number of nitrogens with two attached hydrogens (primary N) is 1. The molecular weight excluding hydrogens is 241 g/mol. The Kier molecular flexibility index (Phi) is 3.27. The Bertz CT molecular complexity index is 590. The van der Waals surface area contributed by atoms with Crippen LogP contribution in [0.25, 0.3) is 11.0 Å². The Balaban J connectivity index is 2.09. The van der Waals surface area contributed by atoms with Gasteiger partial charge in [-0.2, -0.15) is 0 Å². The molecule has 0 saturated heterocycles. The van der Waals surface area contributed by atoms with Gasteiger partial charge in [-0.3, -0.25) is 0 Å². The van der Waals surface area contributed by atoms with Crippen LogP contribution in [-0.2, 0) is 6.54 Å². The number of halogens is 1. The highest BCUT2D eigenvalue weighted by molar-refractivity contribution is 5.76. The van der Waals surface area contributed by atoms with Crippen LogP contribution in [0.2, 0.25) is 0 Å². The molecule has 2 aromatic rings. The van der Waals surface area contributed by atoms with Crippen LogP contribution in [0.1, 0.15) is 44.3 Å². The molecule has 4 heteroatoms. The lowest BCUT2D eigenvalue weighted by Gasteiger charge is -2.13. The van der Waals surface area contributed by atoms with Crippen LogP contribution in [-0.4, -0.2) is 15.6 Å². The van der Waals surface area contributed by atoms with E-state index >= 15 is 0 Å². The predicted octanol–water partition coefficient (Wildman–Crippen LogP) is 3.18. The summed E-state index contributed by atoms with van der Waals surface area (Å²) in [6.07, 6.45) is 4.17. The molecule has 1 aromatic carbocycles. The molecule has 1 heterocycles. The summed E-state index contributed by atoms with van der Waals surface area (Å²) in [5.41, 5.74) is 7.82. The first-order chi connectivity index (χ1) is 9.19. The van der Waals surface area contributed by atoms with Gasteiger partial charge in [0.25, 0.3) is 0 Å². The number of benzene rings is 1. The maximum absolute atomic E-state index is 13.4. The van der Waals surface area contributed by atoms with E-state index in [1.165, 1.54) is 6.07 Å². The second-order valence-corrected chi connectivity index (χ2v) is 5.52. The number of fused-ring (bicyclic) bond motifs is 1. The fourth-order valence-electron chi connectivity index (χ4n) is 3.14. The second kappa shape index (κ2) is 4.93. The standard InChI is InChI=1S/C15H20FN3/c1-2-7-19-14-9-11(16)4-6-13(14)18-15(19)10-3-5-12(17)8-10/h4,6,9-10,12H,2-3,5,7-8,17H2,1H3. The molecule has 0 aliphatic heterocycles. The zero-order valence-corrected chi connectivity index (χ0v) is 11.3. The van der Waals surface area contributed by atoms with Crippen LogP contribution >= 0.6 is 0 Å². The van der Waals surface area contributed by atoms with E-state index in [9.17, 15) is 4.39 Å². The third-order valence-corrected chi connectivity index (χ3v) is 4.03. The van der Waals surface area contributed by atoms with Crippen molar-refractivity contribution in [2.24, 2.45) is 5.73 Å². The molecule has 2 atom stereocenters. The zero-order valence-electron chi connectivity index (χ0n) is 11.3. The molecule has 2 N–H and O–H groups in total. The van der Waals surface area contributed by atoms with Crippen molar-refractivity contribution in [1.29, 1.82) is 0 Å². The number of aryl methyl sites for hydroxylation is 1. The van der Waals surface area contributed by atoms with Crippen LogP contribution in [0.15, 0.2) is 18.2 Å². The molecule has 3 rings (SSSR count). The van der Waals surface area contributed by atoms with Gasteiger partial charge in [0.05, 0.1) is 11.0 Å². The van der Waals surface area contributed by atoms with E-state index in [0.717, 1.165) is 49.1 Å². The highest BCUT2D eigenvalue weighted by atomic mass is 19.1. The smallest absolute Gasteiger partial charge is 0.125 e. The van der Waals surface area contributed by atoms with Crippen LogP contribution in [0, 0.1) is 5.82 Å². The van der Waals surface area contributed by atoms with Crippen LogP contribution in [0.3, 0.4) is 0 Å². The largest absolute Gasteiger partial charge is 0.328 e. The molecule has 0 radical (unpaired) electrons. The van der Waals surface area contributed by atoms with Gasteiger partial charge in [0, 0.05) is 18.5 Å². The highest BCUT2D eigenvalue weighted by Gasteiger charge is 2.27. The summed E-state index contributed by atoms with van der Waals surface area (Å²) in [4.78, 5) is 4.73. The topological polar surface area (TPSA) is 43.8 Å². The number of hydrogen-bond acceptors (Lipinski definition) is 2. The lowest BCUT2D eigenvalue weighted by molar-refractivity contribution is 0.576. The van der Waals surface area contributed by atoms with Gasteiger partial charge in [-0.05, 0) is 43.9 Å². The first-order valence-corrected chi connectivity index (χ1v) is 7.10. The SMILES string of the molecule is CCCn1c(C2CCC(N)C2)nc2ccc(F)cc21. The minimum Gasteiger partial charge on any atom is -0.328 e. The normalized spacial score (nSPS) is 23.3. The third-order valence-electron chi connectivity index (χ3n) is 4.03. The van der Waals surface area contributed by atoms with Gasteiger partial charge >= 0.3 is 0 Å². The Labute approximate surface area is 112 Å². The summed E-state index contributed by atoms with van der Waals surface area (Å²) in [6, 6.07) is 5.14. The molecule has 0 spiro atoms. The number of aromatic nitrogens is 2. The summed E-state index contributed by atoms with van der Waals surface area (Å²) >= 11 is 0. The van der Waals surface area contributed by atoms with Gasteiger partial charge in [-0.25, -0.2) is 9.37 Å². The molecule has 0 bridgehead atoms. The Morgan fingerprint density at radius 2 is 2.26 bits per heavy atom. The summed E-state index contributed by atoms with van der Waals surface area (Å²) in [5, 5.41) is 0. The van der Waals surface area contributed by atoms with Crippen molar-refractivity contribution < 1.29 is 4.39 Å². The first kappa shape index (κ1) is 12.6. The molecule has 19 heavy (non-hydrogen) atoms. The Morgan fingerprint density at radius 1 is 1.42 bits per heavy atom. The number of nitrogens with zero attached hydrogens (tertiary/aromatic N) is 2. The minimum atomic E-state index is -0.195. The number of hydrogen-bond donors (Lipinski definition) is 1. The quantitative estimate of drug-likeness (QED) is 0.922. The average molecular weight is 261 g/mol. The molecule has 3 nitrogen and oxygen atoms in total. The van der Waals surface area contributed by atoms with Gasteiger partial charge < -0.3 is 10.3 Å². The Hall–Kier alpha value is -1.42. The van der Waals surface area contributed by atoms with Crippen LogP contribution < -0.4 is 5.73 Å². The van der Waals surface area contributed by atoms with E-state index in [2.05, 4.69) is 11.5 Å². The number of imidazole rings is 1. The van der Waals surface area contributed by atoms with E-state index in [0.29, 0.717) is 5.92 Å². The van der Waals surface area contributed by atoms with Gasteiger partial charge in [0.2, 0.25) is 0 Å². The van der Waals surface area contributed by atoms with E-state index in [-0.39, 0.29) is 11.9 Å². The van der Waals surface area contributed by atoms with Crippen LogP contribution in [0.5, 0.6) is 0 Å². The van der Waals surface area contributed by atoms with Gasteiger partial charge in [-0.1, -0.05) is 6.92 Å². The first-order valence-electron chi connectivity index (χ1n) is 7.10. The molecular formula is C15H20FN3. The second-order valence-electron chi connectivity index (χ2n) is 5.52. The zero-order chi connectivity index (χ0) is 13.4. The molecule has 1 aliphatic carbocycles. The number of rotatable bonds is 3. The van der Waals surface area contributed by atoms with Crippen molar-refractivity contribution in [3.05, 3.63) is 29.8 Å². The van der Waals surface area contributed by atoms with Crippen molar-refractivity contribution >= 4 is 11.0 Å². The minimum absolute atomic E-state index is 0.195. The monoisotopic (exact) mass is 261 g/mol. The van der Waals surface area contributed by atoms with Crippen molar-refractivity contribution in [2.45, 2.75) is 51.1 Å². The van der Waals surface area contributed by atoms with E-state index in [1.807, 2.05) is 0 Å². The maximum Gasteiger partial charge on any atom is 0.125 e. The fourth-order valence-corrected chi connectivity index (χ4v) is 3.14. The molecule has 2 unspecified atom stereocenters. The summed E-state index contributed by atoms with van der Waals surface area (Å²) in [5.74, 6) is 1.33. The molecule has 1 fully saturated rings. The van der Waals surface area contributed by atoms with Crippen molar-refractivity contribution in [1.82, 2.24) is 9.55 Å². The van der Waals surface area contributed by atoms with Gasteiger partial charge in [0.15, 0.2) is 0 Å². The van der Waals surface area contributed by atoms with Crippen molar-refractivity contribution in [2.75, 3.05) is 0 Å². The average Bonchev–Trinajstić information content (AvgIpc) is 2.95. The lowest BCUT2D eigenvalue weighted by atomic mass is 10.1. The van der Waals surface area contributed by atoms with Crippen molar-refractivity contribution in [3.8, 4) is 0 Å². The molecule has 0 amide bonds. The Morgan fingerprint density at radius 3 is 2.95 bits per heavy atom. The van der Waals surface area contributed by atoms with Gasteiger partial charge in [-0.15, -0.1) is 0 Å². The van der Waals surface area contributed by atoms with E-state index in [4.69, 9.17) is 10.7 Å². The predicted molar refractivity (Wildman–Crippen MR) is 74.5 cm³/mol. The lowest BCUT2D eigenvalue weighted by Crippen LogP contribution is -2.15. The molecule has 1 saturated carbocycles. The van der Waals surface area contributed by atoms with Gasteiger partial charge in [0.1, 0.15) is 11.6 Å². The third kappa shape index (κ3) is 2.25. The summed E-state index contributed by atoms with van der Waals surface area (Å²) in [7, 11) is 0. The fraction of sp³-hybridized carbons (Fsp3) is 0.533. The molecule has 102 valence electrons. The molecule has 1 aliphatic rings.